The number of para-hydroxylation sites is 1. The molecule has 2 rings (SSSR count). The van der Waals surface area contributed by atoms with Gasteiger partial charge in [-0.2, -0.15) is 0 Å². The highest BCUT2D eigenvalue weighted by Crippen LogP contribution is 2.17. The maximum absolute atomic E-state index is 13.5. The Morgan fingerprint density at radius 3 is 2.63 bits per heavy atom. The molecule has 0 radical (unpaired) electrons. The van der Waals surface area contributed by atoms with Gasteiger partial charge in [-0.25, -0.2) is 4.39 Å². The summed E-state index contributed by atoms with van der Waals surface area (Å²) in [6.45, 7) is -0.0455. The van der Waals surface area contributed by atoms with E-state index >= 15 is 0 Å². The fraction of sp³-hybridized carbons (Fsp3) is 0.0769. The van der Waals surface area contributed by atoms with Gasteiger partial charge < -0.3 is 14.8 Å². The highest BCUT2D eigenvalue weighted by atomic mass is 35.5. The Morgan fingerprint density at radius 1 is 1.16 bits per heavy atom. The summed E-state index contributed by atoms with van der Waals surface area (Å²) < 4.78 is 18.9. The monoisotopic (exact) mass is 280 g/mol. The Hall–Kier alpha value is -1.56. The zero-order valence-electron chi connectivity index (χ0n) is 9.88. The van der Waals surface area contributed by atoms with Crippen LogP contribution in [0.25, 0.3) is 0 Å². The van der Waals surface area contributed by atoms with E-state index in [0.717, 1.165) is 0 Å². The molecule has 0 saturated heterocycles. The van der Waals surface area contributed by atoms with Crippen molar-refractivity contribution in [2.45, 2.75) is 6.61 Å². The lowest BCUT2D eigenvalue weighted by molar-refractivity contribution is 0.300. The van der Waals surface area contributed by atoms with Crippen LogP contribution < -0.4 is 10.2 Å². The second-order valence-corrected chi connectivity index (χ2v) is 4.37. The first-order valence-corrected chi connectivity index (χ1v) is 5.97. The van der Waals surface area contributed by atoms with Crippen LogP contribution in [0.3, 0.4) is 0 Å². The number of ether oxygens (including phenoxy) is 1. The van der Waals surface area contributed by atoms with Gasteiger partial charge >= 0.3 is 7.12 Å². The average Bonchev–Trinajstić information content (AvgIpc) is 2.40. The largest absolute Gasteiger partial charge is 0.492 e. The van der Waals surface area contributed by atoms with Gasteiger partial charge in [0.1, 0.15) is 18.2 Å². The lowest BCUT2D eigenvalue weighted by atomic mass is 9.79. The fourth-order valence-electron chi connectivity index (χ4n) is 1.63. The molecule has 0 spiro atoms. The molecule has 0 aromatic heterocycles. The summed E-state index contributed by atoms with van der Waals surface area (Å²) in [5.41, 5.74) is 0.527. The van der Waals surface area contributed by atoms with Crippen LogP contribution in [0.1, 0.15) is 5.56 Å². The molecule has 2 aromatic carbocycles. The van der Waals surface area contributed by atoms with Gasteiger partial charge in [0.25, 0.3) is 0 Å². The van der Waals surface area contributed by atoms with Crippen LogP contribution in [0.2, 0.25) is 5.02 Å². The maximum Gasteiger partial charge on any atom is 0.492 e. The van der Waals surface area contributed by atoms with E-state index in [0.29, 0.717) is 10.6 Å². The Bertz CT molecular complexity index is 578. The van der Waals surface area contributed by atoms with E-state index in [-0.39, 0.29) is 17.8 Å². The van der Waals surface area contributed by atoms with Crippen molar-refractivity contribution in [1.82, 2.24) is 0 Å². The minimum atomic E-state index is -1.64. The van der Waals surface area contributed by atoms with Crippen molar-refractivity contribution in [3.05, 3.63) is 58.9 Å². The van der Waals surface area contributed by atoms with Crippen LogP contribution in [0, 0.1) is 5.82 Å². The van der Waals surface area contributed by atoms with Crippen molar-refractivity contribution in [1.29, 1.82) is 0 Å². The summed E-state index contributed by atoms with van der Waals surface area (Å²) in [6.07, 6.45) is 0. The van der Waals surface area contributed by atoms with Gasteiger partial charge in [0.2, 0.25) is 0 Å². The quantitative estimate of drug-likeness (QED) is 0.839. The molecule has 0 bridgehead atoms. The van der Waals surface area contributed by atoms with E-state index in [9.17, 15) is 14.4 Å². The molecule has 0 unspecified atom stereocenters. The molecule has 0 amide bonds. The van der Waals surface area contributed by atoms with Crippen molar-refractivity contribution in [3.8, 4) is 5.75 Å². The molecule has 0 aliphatic rings. The van der Waals surface area contributed by atoms with Crippen molar-refractivity contribution in [2.24, 2.45) is 0 Å². The summed E-state index contributed by atoms with van der Waals surface area (Å²) in [5, 5.41) is 18.8. The zero-order chi connectivity index (χ0) is 13.8. The molecule has 0 aliphatic heterocycles. The van der Waals surface area contributed by atoms with Crippen LogP contribution in [-0.4, -0.2) is 17.2 Å². The summed E-state index contributed by atoms with van der Waals surface area (Å²) >= 11 is 5.78. The molecule has 0 saturated carbocycles. The highest BCUT2D eigenvalue weighted by molar-refractivity contribution is 6.59. The normalized spacial score (nSPS) is 10.3. The van der Waals surface area contributed by atoms with E-state index < -0.39 is 12.9 Å². The van der Waals surface area contributed by atoms with E-state index in [2.05, 4.69) is 0 Å². The first-order valence-electron chi connectivity index (χ1n) is 5.59. The van der Waals surface area contributed by atoms with Crippen molar-refractivity contribution < 1.29 is 19.2 Å². The van der Waals surface area contributed by atoms with Gasteiger partial charge in [-0.05, 0) is 24.3 Å². The minimum absolute atomic E-state index is 0.0455. The summed E-state index contributed by atoms with van der Waals surface area (Å²) in [5.74, 6) is -0.136. The Kier molecular flexibility index (Phi) is 4.42. The van der Waals surface area contributed by atoms with Gasteiger partial charge in [0.15, 0.2) is 0 Å². The molecule has 0 aliphatic carbocycles. The molecular formula is C13H11BClFO3. The van der Waals surface area contributed by atoms with Gasteiger partial charge in [-0.1, -0.05) is 29.8 Å². The number of halogens is 2. The smallest absolute Gasteiger partial charge is 0.489 e. The lowest BCUT2D eigenvalue weighted by Gasteiger charge is -2.11. The van der Waals surface area contributed by atoms with Gasteiger partial charge in [-0.15, -0.1) is 0 Å². The standard InChI is InChI=1S/C13H11BClFO3/c15-10-5-6-12(16)9(7-10)8-19-13-4-2-1-3-11(13)14(17)18/h1-7,17-18H,8H2. The molecule has 2 N–H and O–H groups in total. The van der Waals surface area contributed by atoms with Crippen molar-refractivity contribution in [3.63, 3.8) is 0 Å². The Labute approximate surface area is 115 Å². The lowest BCUT2D eigenvalue weighted by Crippen LogP contribution is -2.31. The van der Waals surface area contributed by atoms with Gasteiger partial charge in [0.05, 0.1) is 0 Å². The summed E-state index contributed by atoms with van der Waals surface area (Å²) in [6, 6.07) is 10.6. The molecule has 98 valence electrons. The van der Waals surface area contributed by atoms with Crippen LogP contribution in [0.4, 0.5) is 4.39 Å². The van der Waals surface area contributed by atoms with Crippen LogP contribution >= 0.6 is 11.6 Å². The number of rotatable bonds is 4. The first kappa shape index (κ1) is 13.9. The highest BCUT2D eigenvalue weighted by Gasteiger charge is 2.16. The third-order valence-corrected chi connectivity index (χ3v) is 2.82. The Balaban J connectivity index is 2.17. The number of hydrogen-bond acceptors (Lipinski definition) is 3. The van der Waals surface area contributed by atoms with E-state index in [4.69, 9.17) is 16.3 Å². The third-order valence-electron chi connectivity index (χ3n) is 2.59. The molecule has 6 heteroatoms. The fourth-order valence-corrected chi connectivity index (χ4v) is 1.83. The second kappa shape index (κ2) is 6.06. The van der Waals surface area contributed by atoms with Crippen molar-refractivity contribution >= 4 is 24.2 Å². The first-order chi connectivity index (χ1) is 9.08. The molecule has 0 heterocycles. The SMILES string of the molecule is OB(O)c1ccccc1OCc1cc(Cl)ccc1F. The predicted octanol–water partition coefficient (Wildman–Crippen LogP) is 1.74. The van der Waals surface area contributed by atoms with Crippen LogP contribution in [-0.2, 0) is 6.61 Å². The number of benzene rings is 2. The maximum atomic E-state index is 13.5. The van der Waals surface area contributed by atoms with E-state index in [1.54, 1.807) is 18.2 Å². The van der Waals surface area contributed by atoms with Crippen molar-refractivity contribution in [2.75, 3.05) is 0 Å². The molecule has 0 fully saturated rings. The van der Waals surface area contributed by atoms with E-state index in [1.807, 2.05) is 0 Å². The predicted molar refractivity (Wildman–Crippen MR) is 72.0 cm³/mol. The minimum Gasteiger partial charge on any atom is -0.489 e. The third kappa shape index (κ3) is 3.47. The molecule has 19 heavy (non-hydrogen) atoms. The molecule has 2 aromatic rings. The Morgan fingerprint density at radius 2 is 1.89 bits per heavy atom. The number of hydrogen-bond donors (Lipinski definition) is 2. The van der Waals surface area contributed by atoms with E-state index in [1.165, 1.54) is 24.3 Å². The average molecular weight is 280 g/mol. The zero-order valence-corrected chi connectivity index (χ0v) is 10.6. The molecule has 3 nitrogen and oxygen atoms in total. The summed E-state index contributed by atoms with van der Waals surface area (Å²) in [7, 11) is -1.64. The van der Waals surface area contributed by atoms with Crippen LogP contribution in [0.5, 0.6) is 5.75 Å². The van der Waals surface area contributed by atoms with Gasteiger partial charge in [-0.3, -0.25) is 0 Å². The van der Waals surface area contributed by atoms with Gasteiger partial charge in [0, 0.05) is 16.0 Å². The topological polar surface area (TPSA) is 49.7 Å². The van der Waals surface area contributed by atoms with Crippen LogP contribution in [0.15, 0.2) is 42.5 Å². The molecular weight excluding hydrogens is 269 g/mol. The molecule has 0 atom stereocenters. The second-order valence-electron chi connectivity index (χ2n) is 3.94. The summed E-state index contributed by atoms with van der Waals surface area (Å²) in [4.78, 5) is 0.